The number of hydrogen-bond acceptors (Lipinski definition) is 9. The lowest BCUT2D eigenvalue weighted by atomic mass is 9.84. The number of hydrogen-bond donors (Lipinski definition) is 8. The second-order valence-electron chi connectivity index (χ2n) is 10.2. The van der Waals surface area contributed by atoms with Crippen LogP contribution in [-0.2, 0) is 15.0 Å². The average molecular weight is 606 g/mol. The fourth-order valence-corrected chi connectivity index (χ4v) is 4.42. The summed E-state index contributed by atoms with van der Waals surface area (Å²) in [6.45, 7) is 5.69. The first-order chi connectivity index (χ1) is 18.2. The minimum atomic E-state index is -1.19. The van der Waals surface area contributed by atoms with E-state index in [2.05, 4.69) is 42.2 Å². The highest BCUT2D eigenvalue weighted by Gasteiger charge is 2.27. The summed E-state index contributed by atoms with van der Waals surface area (Å²) in [7, 11) is 0. The minimum absolute atomic E-state index is 0.0586. The Labute approximate surface area is 233 Å². The molecule has 1 aliphatic rings. The average Bonchev–Trinajstić information content (AvgIpc) is 2.83. The molecule has 210 valence electrons. The van der Waals surface area contributed by atoms with Crippen molar-refractivity contribution in [3.05, 3.63) is 51.5 Å². The number of aliphatic hydroxyl groups is 1. The van der Waals surface area contributed by atoms with Gasteiger partial charge in [0.05, 0.1) is 31.7 Å². The van der Waals surface area contributed by atoms with Gasteiger partial charge in [-0.3, -0.25) is 19.4 Å². The van der Waals surface area contributed by atoms with E-state index in [1.165, 1.54) is 18.2 Å². The van der Waals surface area contributed by atoms with Crippen LogP contribution in [0.2, 0.25) is 0 Å². The third-order valence-electron chi connectivity index (χ3n) is 5.82. The Kier molecular flexibility index (Phi) is 9.41. The highest BCUT2D eigenvalue weighted by atomic mass is 79.9. The summed E-state index contributed by atoms with van der Waals surface area (Å²) in [6.07, 6.45) is -1.10. The second kappa shape index (κ2) is 12.3. The predicted molar refractivity (Wildman–Crippen MR) is 148 cm³/mol. The number of nitrogens with zero attached hydrogens (tertiary/aromatic N) is 1. The number of carbonyl (C=O) groups excluding carboxylic acids is 2. The van der Waals surface area contributed by atoms with E-state index in [0.29, 0.717) is 28.2 Å². The van der Waals surface area contributed by atoms with Gasteiger partial charge in [0.1, 0.15) is 11.5 Å². The molecule has 3 rings (SSSR count). The SMILES string of the molecule is CC(C)(C)c1cc(Br)cc([C@H](CC(=O)O)NC(=O)CNC(=O)c2cc(O)cc(NC3=NCC(O)CN3)c2)c1O. The Bertz CT molecular complexity index is 1290. The number of aromatic hydroxyl groups is 2. The molecule has 2 aromatic rings. The van der Waals surface area contributed by atoms with Crippen LogP contribution >= 0.6 is 15.9 Å². The van der Waals surface area contributed by atoms with Gasteiger partial charge < -0.3 is 41.7 Å². The molecule has 1 aliphatic heterocycles. The van der Waals surface area contributed by atoms with Gasteiger partial charge in [-0.05, 0) is 29.7 Å². The lowest BCUT2D eigenvalue weighted by Gasteiger charge is -2.26. The second-order valence-corrected chi connectivity index (χ2v) is 11.1. The number of aliphatic imine (C=N–C) groups is 1. The molecule has 0 saturated heterocycles. The highest BCUT2D eigenvalue weighted by Crippen LogP contribution is 2.39. The summed E-state index contributed by atoms with van der Waals surface area (Å²) >= 11 is 3.39. The first kappa shape index (κ1) is 29.7. The van der Waals surface area contributed by atoms with Gasteiger partial charge in [0.2, 0.25) is 5.91 Å². The van der Waals surface area contributed by atoms with Gasteiger partial charge >= 0.3 is 5.97 Å². The van der Waals surface area contributed by atoms with Crippen LogP contribution in [0.4, 0.5) is 5.69 Å². The van der Waals surface area contributed by atoms with Crippen LogP contribution in [-0.4, -0.2) is 69.9 Å². The van der Waals surface area contributed by atoms with Crippen LogP contribution in [0.3, 0.4) is 0 Å². The standard InChI is InChI=1S/C26H32BrN5O7/c1-26(2,3)19-7-14(27)6-18(23(19)38)20(9-22(36)37)32-21(35)12-28-24(39)13-4-15(8-16(33)5-13)31-25-29-10-17(34)11-30-25/h4-8,17,20,33-34,38H,9-12H2,1-3H3,(H,28,39)(H,32,35)(H,36,37)(H2,29,30,31)/t20-/m0/s1. The van der Waals surface area contributed by atoms with Gasteiger partial charge in [0, 0.05) is 39.5 Å². The molecule has 2 amide bonds. The molecule has 8 N–H and O–H groups in total. The molecule has 0 aromatic heterocycles. The van der Waals surface area contributed by atoms with Gasteiger partial charge in [-0.2, -0.15) is 0 Å². The van der Waals surface area contributed by atoms with Crippen LogP contribution < -0.4 is 21.3 Å². The van der Waals surface area contributed by atoms with Crippen LogP contribution in [0, 0.1) is 0 Å². The molecule has 0 spiro atoms. The number of carboxylic acids is 1. The quantitative estimate of drug-likeness (QED) is 0.222. The number of benzene rings is 2. The maximum Gasteiger partial charge on any atom is 0.305 e. The number of β-amino-alcohol motifs (C(OH)–C–C–N with tert-alkyl or cyclic N) is 1. The summed E-state index contributed by atoms with van der Waals surface area (Å²) in [4.78, 5) is 41.1. The molecule has 2 aromatic carbocycles. The molecule has 13 heteroatoms. The molecule has 1 unspecified atom stereocenters. The third kappa shape index (κ3) is 8.32. The Hall–Kier alpha value is -3.84. The zero-order valence-corrected chi connectivity index (χ0v) is 23.3. The number of guanidine groups is 1. The van der Waals surface area contributed by atoms with Crippen LogP contribution in [0.5, 0.6) is 11.5 Å². The van der Waals surface area contributed by atoms with Crippen molar-refractivity contribution in [1.82, 2.24) is 16.0 Å². The number of carboxylic acid groups (broad SMARTS) is 1. The van der Waals surface area contributed by atoms with Gasteiger partial charge in [-0.25, -0.2) is 0 Å². The number of amides is 2. The molecular formula is C26H32BrN5O7. The number of halogens is 1. The fourth-order valence-electron chi connectivity index (χ4n) is 3.95. The van der Waals surface area contributed by atoms with Crippen molar-refractivity contribution in [2.75, 3.05) is 25.0 Å². The lowest BCUT2D eigenvalue weighted by molar-refractivity contribution is -0.137. The molecule has 0 bridgehead atoms. The van der Waals surface area contributed by atoms with E-state index in [4.69, 9.17) is 0 Å². The van der Waals surface area contributed by atoms with E-state index in [9.17, 15) is 34.8 Å². The molecule has 39 heavy (non-hydrogen) atoms. The first-order valence-corrected chi connectivity index (χ1v) is 12.9. The first-order valence-electron chi connectivity index (χ1n) is 12.1. The number of aliphatic carboxylic acids is 1. The van der Waals surface area contributed by atoms with Crippen molar-refractivity contribution >= 4 is 45.4 Å². The number of phenols is 2. The zero-order chi connectivity index (χ0) is 28.9. The Morgan fingerprint density at radius 3 is 2.49 bits per heavy atom. The lowest BCUT2D eigenvalue weighted by Crippen LogP contribution is -2.42. The number of carbonyl (C=O) groups is 3. The molecule has 0 saturated carbocycles. The number of phenolic OH excluding ortho intramolecular Hbond substituents is 2. The summed E-state index contributed by atoms with van der Waals surface area (Å²) < 4.78 is 0.608. The maximum absolute atomic E-state index is 12.7. The van der Waals surface area contributed by atoms with Crippen molar-refractivity contribution in [3.8, 4) is 11.5 Å². The Morgan fingerprint density at radius 1 is 1.15 bits per heavy atom. The molecule has 0 aliphatic carbocycles. The molecule has 0 fully saturated rings. The molecule has 1 heterocycles. The highest BCUT2D eigenvalue weighted by molar-refractivity contribution is 9.10. The maximum atomic E-state index is 12.7. The molecule has 12 nitrogen and oxygen atoms in total. The van der Waals surface area contributed by atoms with Gasteiger partial charge in [-0.1, -0.05) is 36.7 Å². The van der Waals surface area contributed by atoms with E-state index in [1.54, 1.807) is 12.1 Å². The normalized spacial score (nSPS) is 15.9. The van der Waals surface area contributed by atoms with Crippen LogP contribution in [0.15, 0.2) is 39.8 Å². The summed E-state index contributed by atoms with van der Waals surface area (Å²) in [6, 6.07) is 6.26. The summed E-state index contributed by atoms with van der Waals surface area (Å²) in [5.41, 5.74) is 0.761. The number of aliphatic hydroxyl groups excluding tert-OH is 1. The smallest absolute Gasteiger partial charge is 0.305 e. The van der Waals surface area contributed by atoms with Gasteiger partial charge in [0.15, 0.2) is 5.96 Å². The van der Waals surface area contributed by atoms with Crippen molar-refractivity contribution in [2.24, 2.45) is 4.99 Å². The predicted octanol–water partition coefficient (Wildman–Crippen LogP) is 1.95. The van der Waals surface area contributed by atoms with E-state index < -0.39 is 48.3 Å². The number of nitrogens with one attached hydrogen (secondary N) is 4. The third-order valence-corrected chi connectivity index (χ3v) is 6.28. The zero-order valence-electron chi connectivity index (χ0n) is 21.7. The van der Waals surface area contributed by atoms with Crippen molar-refractivity contribution in [1.29, 1.82) is 0 Å². The van der Waals surface area contributed by atoms with Gasteiger partial charge in [0.25, 0.3) is 5.91 Å². The topological polar surface area (TPSA) is 193 Å². The van der Waals surface area contributed by atoms with E-state index in [0.717, 1.165) is 0 Å². The van der Waals surface area contributed by atoms with E-state index in [-0.39, 0.29) is 29.2 Å². The van der Waals surface area contributed by atoms with E-state index >= 15 is 0 Å². The van der Waals surface area contributed by atoms with Crippen molar-refractivity contribution in [2.45, 2.75) is 44.8 Å². The Balaban J connectivity index is 1.71. The summed E-state index contributed by atoms with van der Waals surface area (Å²) in [5.74, 6) is -2.48. The van der Waals surface area contributed by atoms with Crippen LogP contribution in [0.25, 0.3) is 0 Å². The largest absolute Gasteiger partial charge is 0.508 e. The monoisotopic (exact) mass is 605 g/mol. The van der Waals surface area contributed by atoms with Gasteiger partial charge in [-0.15, -0.1) is 0 Å². The Morgan fingerprint density at radius 2 is 1.87 bits per heavy atom. The van der Waals surface area contributed by atoms with Crippen LogP contribution in [0.1, 0.15) is 54.7 Å². The van der Waals surface area contributed by atoms with Crippen molar-refractivity contribution < 1.29 is 34.8 Å². The fraction of sp³-hybridized carbons (Fsp3) is 0.385. The molecule has 0 radical (unpaired) electrons. The molecular weight excluding hydrogens is 574 g/mol. The minimum Gasteiger partial charge on any atom is -0.508 e. The van der Waals surface area contributed by atoms with E-state index in [1.807, 2.05) is 20.8 Å². The van der Waals surface area contributed by atoms with Crippen molar-refractivity contribution in [3.63, 3.8) is 0 Å². The summed E-state index contributed by atoms with van der Waals surface area (Å²) in [5, 5.41) is 50.7. The molecule has 2 atom stereocenters. The number of rotatable bonds is 8. The number of anilines is 1.